The molecule has 0 bridgehead atoms. The number of carbonyl (C=O) groups excluding carboxylic acids is 1. The zero-order valence-electron chi connectivity index (χ0n) is 12.6. The summed E-state index contributed by atoms with van der Waals surface area (Å²) >= 11 is 0. The summed E-state index contributed by atoms with van der Waals surface area (Å²) < 4.78 is 23.1. The van der Waals surface area contributed by atoms with E-state index in [-0.39, 0.29) is 16.7 Å². The summed E-state index contributed by atoms with van der Waals surface area (Å²) in [7, 11) is -3.31. The number of hydrogen-bond donors (Lipinski definition) is 1. The average Bonchev–Trinajstić information content (AvgIpc) is 2.52. The molecule has 22 heavy (non-hydrogen) atoms. The maximum atomic E-state index is 12.2. The molecule has 1 atom stereocenters. The Morgan fingerprint density at radius 1 is 1.09 bits per heavy atom. The molecular weight excluding hydrogens is 298 g/mol. The molecule has 1 N–H and O–H groups in total. The Bertz CT molecular complexity index is 754. The Labute approximate surface area is 131 Å². The normalized spacial score (nSPS) is 12.6. The molecule has 0 aromatic heterocycles. The topological polar surface area (TPSA) is 63.2 Å². The highest BCUT2D eigenvalue weighted by molar-refractivity contribution is 7.90. The average molecular weight is 317 g/mol. The fraction of sp³-hybridized carbons (Fsp3) is 0.235. The van der Waals surface area contributed by atoms with Gasteiger partial charge in [0.05, 0.1) is 4.90 Å². The minimum absolute atomic E-state index is 0.149. The molecule has 2 rings (SSSR count). The number of benzene rings is 2. The van der Waals surface area contributed by atoms with Gasteiger partial charge in [-0.15, -0.1) is 0 Å². The van der Waals surface area contributed by atoms with E-state index in [1.165, 1.54) is 12.1 Å². The Kier molecular flexibility index (Phi) is 4.98. The van der Waals surface area contributed by atoms with Gasteiger partial charge in [0.15, 0.2) is 9.84 Å². The van der Waals surface area contributed by atoms with Crippen LogP contribution in [0.15, 0.2) is 59.5 Å². The number of sulfone groups is 1. The van der Waals surface area contributed by atoms with Crippen molar-refractivity contribution in [2.24, 2.45) is 0 Å². The molecular formula is C17H19NO3S. The molecule has 0 saturated heterocycles. The summed E-state index contributed by atoms with van der Waals surface area (Å²) in [6.45, 7) is 2.52. The molecule has 0 heterocycles. The molecule has 0 unspecified atom stereocenters. The summed E-state index contributed by atoms with van der Waals surface area (Å²) in [5.41, 5.74) is 1.50. The Hall–Kier alpha value is -2.14. The van der Waals surface area contributed by atoms with E-state index < -0.39 is 9.84 Å². The molecule has 0 aliphatic heterocycles. The predicted octanol–water partition coefficient (Wildman–Crippen LogP) is 2.62. The first-order chi connectivity index (χ1) is 10.4. The molecule has 0 radical (unpaired) electrons. The fourth-order valence-corrected chi connectivity index (χ4v) is 2.78. The Morgan fingerprint density at radius 2 is 1.77 bits per heavy atom. The third-order valence-corrected chi connectivity index (χ3v) is 4.57. The first kappa shape index (κ1) is 16.2. The molecule has 0 aliphatic rings. The van der Waals surface area contributed by atoms with Gasteiger partial charge in [-0.3, -0.25) is 4.79 Å². The first-order valence-corrected chi connectivity index (χ1v) is 8.90. The van der Waals surface area contributed by atoms with Crippen LogP contribution < -0.4 is 5.32 Å². The van der Waals surface area contributed by atoms with Gasteiger partial charge in [-0.05, 0) is 29.7 Å². The van der Waals surface area contributed by atoms with Crippen LogP contribution in [0.2, 0.25) is 0 Å². The number of amides is 1. The zero-order valence-corrected chi connectivity index (χ0v) is 13.4. The van der Waals surface area contributed by atoms with Gasteiger partial charge in [-0.1, -0.05) is 43.3 Å². The van der Waals surface area contributed by atoms with E-state index in [0.29, 0.717) is 12.1 Å². The van der Waals surface area contributed by atoms with Crippen LogP contribution in [0.5, 0.6) is 0 Å². The fourth-order valence-electron chi connectivity index (χ4n) is 2.12. The van der Waals surface area contributed by atoms with E-state index in [1.54, 1.807) is 12.1 Å². The quantitative estimate of drug-likeness (QED) is 0.922. The van der Waals surface area contributed by atoms with Crippen molar-refractivity contribution >= 4 is 15.7 Å². The van der Waals surface area contributed by atoms with Crippen LogP contribution in [0, 0.1) is 0 Å². The molecule has 0 spiro atoms. The van der Waals surface area contributed by atoms with Crippen LogP contribution in [-0.2, 0) is 9.84 Å². The molecule has 4 nitrogen and oxygen atoms in total. The molecule has 0 fully saturated rings. The third kappa shape index (κ3) is 4.18. The van der Waals surface area contributed by atoms with Gasteiger partial charge < -0.3 is 5.32 Å². The lowest BCUT2D eigenvalue weighted by Crippen LogP contribution is -2.27. The summed E-state index contributed by atoms with van der Waals surface area (Å²) in [5, 5.41) is 2.84. The van der Waals surface area contributed by atoms with E-state index in [0.717, 1.165) is 11.8 Å². The molecule has 1 amide bonds. The van der Waals surface area contributed by atoms with E-state index in [1.807, 2.05) is 37.3 Å². The van der Waals surface area contributed by atoms with Gasteiger partial charge in [0.1, 0.15) is 0 Å². The van der Waals surface area contributed by atoms with Crippen molar-refractivity contribution < 1.29 is 13.2 Å². The molecule has 0 aliphatic carbocycles. The highest BCUT2D eigenvalue weighted by Crippen LogP contribution is 2.14. The van der Waals surface area contributed by atoms with Gasteiger partial charge in [0.2, 0.25) is 0 Å². The predicted molar refractivity (Wildman–Crippen MR) is 86.7 cm³/mol. The lowest BCUT2D eigenvalue weighted by Gasteiger charge is -2.13. The maximum absolute atomic E-state index is 12.2. The summed E-state index contributed by atoms with van der Waals surface area (Å²) in [4.78, 5) is 12.3. The van der Waals surface area contributed by atoms with Crippen molar-refractivity contribution in [1.29, 1.82) is 0 Å². The van der Waals surface area contributed by atoms with Crippen molar-refractivity contribution in [2.45, 2.75) is 17.7 Å². The summed E-state index contributed by atoms with van der Waals surface area (Å²) in [5.74, 6) is -0.0866. The minimum atomic E-state index is -3.31. The molecule has 5 heteroatoms. The van der Waals surface area contributed by atoms with Crippen molar-refractivity contribution in [3.8, 4) is 0 Å². The van der Waals surface area contributed by atoms with Gasteiger partial charge in [0, 0.05) is 18.4 Å². The standard InChI is InChI=1S/C17H19NO3S/c1-13(14-7-4-3-5-8-14)12-18-17(19)15-9-6-10-16(11-15)22(2,20)21/h3-11,13H,12H2,1-2H3,(H,18,19)/t13-/m0/s1. The second kappa shape index (κ2) is 6.75. The van der Waals surface area contributed by atoms with Gasteiger partial charge in [-0.25, -0.2) is 8.42 Å². The molecule has 0 saturated carbocycles. The minimum Gasteiger partial charge on any atom is -0.351 e. The van der Waals surface area contributed by atoms with Crippen molar-refractivity contribution in [1.82, 2.24) is 5.32 Å². The number of carbonyl (C=O) groups is 1. The van der Waals surface area contributed by atoms with E-state index in [2.05, 4.69) is 5.32 Å². The highest BCUT2D eigenvalue weighted by atomic mass is 32.2. The van der Waals surface area contributed by atoms with Crippen LogP contribution in [0.25, 0.3) is 0 Å². The summed E-state index contributed by atoms with van der Waals surface area (Å²) in [6.07, 6.45) is 1.13. The van der Waals surface area contributed by atoms with Gasteiger partial charge >= 0.3 is 0 Å². The van der Waals surface area contributed by atoms with E-state index in [4.69, 9.17) is 0 Å². The van der Waals surface area contributed by atoms with Crippen molar-refractivity contribution in [2.75, 3.05) is 12.8 Å². The largest absolute Gasteiger partial charge is 0.351 e. The van der Waals surface area contributed by atoms with Crippen molar-refractivity contribution in [3.63, 3.8) is 0 Å². The first-order valence-electron chi connectivity index (χ1n) is 7.01. The van der Waals surface area contributed by atoms with Crippen LogP contribution >= 0.6 is 0 Å². The van der Waals surface area contributed by atoms with Crippen LogP contribution in [0.4, 0.5) is 0 Å². The second-order valence-electron chi connectivity index (χ2n) is 5.32. The zero-order chi connectivity index (χ0) is 16.2. The molecule has 2 aromatic rings. The van der Waals surface area contributed by atoms with Crippen LogP contribution in [-0.4, -0.2) is 27.1 Å². The number of hydrogen-bond acceptors (Lipinski definition) is 3. The SMILES string of the molecule is C[C@@H](CNC(=O)c1cccc(S(C)(=O)=O)c1)c1ccccc1. The highest BCUT2D eigenvalue weighted by Gasteiger charge is 2.12. The second-order valence-corrected chi connectivity index (χ2v) is 7.34. The number of nitrogens with one attached hydrogen (secondary N) is 1. The van der Waals surface area contributed by atoms with E-state index >= 15 is 0 Å². The van der Waals surface area contributed by atoms with Crippen LogP contribution in [0.3, 0.4) is 0 Å². The van der Waals surface area contributed by atoms with Gasteiger partial charge in [0.25, 0.3) is 5.91 Å². The smallest absolute Gasteiger partial charge is 0.251 e. The van der Waals surface area contributed by atoms with Crippen LogP contribution in [0.1, 0.15) is 28.8 Å². The summed E-state index contributed by atoms with van der Waals surface area (Å²) in [6, 6.07) is 16.0. The lowest BCUT2D eigenvalue weighted by molar-refractivity contribution is 0.0951. The van der Waals surface area contributed by atoms with E-state index in [9.17, 15) is 13.2 Å². The lowest BCUT2D eigenvalue weighted by atomic mass is 10.0. The van der Waals surface area contributed by atoms with Crippen molar-refractivity contribution in [3.05, 3.63) is 65.7 Å². The Morgan fingerprint density at radius 3 is 2.41 bits per heavy atom. The number of rotatable bonds is 5. The maximum Gasteiger partial charge on any atom is 0.251 e. The molecule has 2 aromatic carbocycles. The monoisotopic (exact) mass is 317 g/mol. The Balaban J connectivity index is 2.04. The van der Waals surface area contributed by atoms with Gasteiger partial charge in [-0.2, -0.15) is 0 Å². The third-order valence-electron chi connectivity index (χ3n) is 3.46. The molecule has 116 valence electrons.